The van der Waals surface area contributed by atoms with E-state index in [9.17, 15) is 9.90 Å². The van der Waals surface area contributed by atoms with E-state index >= 15 is 0 Å². The molecule has 0 bridgehead atoms. The Labute approximate surface area is 294 Å². The number of aliphatic hydroxyl groups is 1. The monoisotopic (exact) mass is 666 g/mol. The molecule has 0 amide bonds. The number of ether oxygens (including phenoxy) is 2. The van der Waals surface area contributed by atoms with E-state index in [1.807, 2.05) is 0 Å². The van der Waals surface area contributed by atoms with E-state index in [0.29, 0.717) is 12.5 Å². The molecule has 0 unspecified atom stereocenters. The van der Waals surface area contributed by atoms with E-state index in [4.69, 9.17) is 9.47 Å². The van der Waals surface area contributed by atoms with Gasteiger partial charge in [0, 0.05) is 19.6 Å². The lowest BCUT2D eigenvalue weighted by atomic mass is 9.84. The molecule has 0 aromatic rings. The van der Waals surface area contributed by atoms with Gasteiger partial charge in [0.25, 0.3) is 0 Å². The van der Waals surface area contributed by atoms with Crippen LogP contribution < -0.4 is 0 Å². The lowest BCUT2D eigenvalue weighted by Crippen LogP contribution is -2.29. The standard InChI is InChI=1S/C42H83NO4/c1-4-7-10-12-15-20-27-41(28-21-16-13-11-8-5-2)47-42(45)29-22-17-14-18-23-34-43(36-37-44)35-24-25-38-46-40-32-30-39(31-33-40)26-19-9-6-3/h39-41,44H,4-38H2,1-3H3. The van der Waals surface area contributed by atoms with Crippen molar-refractivity contribution in [2.75, 3.05) is 32.8 Å². The summed E-state index contributed by atoms with van der Waals surface area (Å²) in [5, 5.41) is 9.56. The van der Waals surface area contributed by atoms with Crippen LogP contribution in [0.3, 0.4) is 0 Å². The van der Waals surface area contributed by atoms with Gasteiger partial charge in [0.2, 0.25) is 0 Å². The SMILES string of the molecule is CCCCCCCCC(CCCCCCCC)OC(=O)CCCCCCCN(CCO)CCCCOC1CCC(CCCCC)CC1. The van der Waals surface area contributed by atoms with Crippen LogP contribution in [0.4, 0.5) is 0 Å². The minimum atomic E-state index is 0.0279. The van der Waals surface area contributed by atoms with E-state index in [-0.39, 0.29) is 18.7 Å². The fourth-order valence-electron chi connectivity index (χ4n) is 7.38. The van der Waals surface area contributed by atoms with Crippen molar-refractivity contribution in [3.8, 4) is 0 Å². The summed E-state index contributed by atoms with van der Waals surface area (Å²) >= 11 is 0. The van der Waals surface area contributed by atoms with Gasteiger partial charge in [0.05, 0.1) is 12.7 Å². The number of hydrogen-bond acceptors (Lipinski definition) is 5. The topological polar surface area (TPSA) is 59.0 Å². The highest BCUT2D eigenvalue weighted by Gasteiger charge is 2.21. The van der Waals surface area contributed by atoms with Crippen molar-refractivity contribution < 1.29 is 19.4 Å². The Hall–Kier alpha value is -0.650. The summed E-state index contributed by atoms with van der Waals surface area (Å²) in [4.78, 5) is 15.1. The van der Waals surface area contributed by atoms with Gasteiger partial charge in [-0.2, -0.15) is 0 Å². The van der Waals surface area contributed by atoms with E-state index in [2.05, 4.69) is 25.7 Å². The first-order valence-corrected chi connectivity index (χ1v) is 21.3. The third kappa shape index (κ3) is 27.8. The largest absolute Gasteiger partial charge is 0.462 e. The van der Waals surface area contributed by atoms with Gasteiger partial charge in [0.15, 0.2) is 0 Å². The molecule has 0 aromatic heterocycles. The third-order valence-corrected chi connectivity index (χ3v) is 10.6. The van der Waals surface area contributed by atoms with Gasteiger partial charge in [-0.05, 0) is 96.1 Å². The molecule has 1 N–H and O–H groups in total. The summed E-state index contributed by atoms with van der Waals surface area (Å²) in [7, 11) is 0. The van der Waals surface area contributed by atoms with Crippen LogP contribution in [0.1, 0.15) is 213 Å². The van der Waals surface area contributed by atoms with Crippen LogP contribution in [0, 0.1) is 5.92 Å². The van der Waals surface area contributed by atoms with Crippen molar-refractivity contribution in [1.82, 2.24) is 4.90 Å². The second kappa shape index (κ2) is 33.8. The first kappa shape index (κ1) is 44.4. The molecule has 5 nitrogen and oxygen atoms in total. The van der Waals surface area contributed by atoms with Crippen molar-refractivity contribution >= 4 is 5.97 Å². The number of carbonyl (C=O) groups excluding carboxylic acids is 1. The van der Waals surface area contributed by atoms with Crippen LogP contribution in [0.5, 0.6) is 0 Å². The van der Waals surface area contributed by atoms with Gasteiger partial charge < -0.3 is 19.5 Å². The fraction of sp³-hybridized carbons (Fsp3) is 0.976. The number of rotatable bonds is 35. The molecule has 0 atom stereocenters. The van der Waals surface area contributed by atoms with Crippen LogP contribution in [0.25, 0.3) is 0 Å². The van der Waals surface area contributed by atoms with E-state index in [1.54, 1.807) is 0 Å². The molecule has 1 aliphatic rings. The molecule has 0 aromatic carbocycles. The van der Waals surface area contributed by atoms with Gasteiger partial charge in [-0.25, -0.2) is 0 Å². The molecule has 1 saturated carbocycles. The summed E-state index contributed by atoms with van der Waals surface area (Å²) in [6.07, 6.45) is 37.4. The molecule has 5 heteroatoms. The molecule has 1 aliphatic carbocycles. The van der Waals surface area contributed by atoms with Gasteiger partial charge in [0.1, 0.15) is 6.10 Å². The second-order valence-corrected chi connectivity index (χ2v) is 15.0. The highest BCUT2D eigenvalue weighted by molar-refractivity contribution is 5.69. The summed E-state index contributed by atoms with van der Waals surface area (Å²) in [6.45, 7) is 10.8. The lowest BCUT2D eigenvalue weighted by Gasteiger charge is -2.28. The van der Waals surface area contributed by atoms with Crippen LogP contribution >= 0.6 is 0 Å². The Morgan fingerprint density at radius 1 is 0.617 bits per heavy atom. The zero-order valence-corrected chi connectivity index (χ0v) is 32.1. The maximum atomic E-state index is 12.7. The first-order chi connectivity index (χ1) is 23.1. The maximum Gasteiger partial charge on any atom is 0.306 e. The number of aliphatic hydroxyl groups excluding tert-OH is 1. The Balaban J connectivity index is 2.12. The Morgan fingerprint density at radius 2 is 1.13 bits per heavy atom. The lowest BCUT2D eigenvalue weighted by molar-refractivity contribution is -0.150. The van der Waals surface area contributed by atoms with Crippen molar-refractivity contribution in [2.45, 2.75) is 226 Å². The first-order valence-electron chi connectivity index (χ1n) is 21.3. The molecule has 0 heterocycles. The summed E-state index contributed by atoms with van der Waals surface area (Å²) < 4.78 is 12.3. The molecule has 0 radical (unpaired) electrons. The van der Waals surface area contributed by atoms with Crippen molar-refractivity contribution in [2.24, 2.45) is 5.92 Å². The number of nitrogens with zero attached hydrogens (tertiary/aromatic N) is 1. The zero-order valence-electron chi connectivity index (χ0n) is 32.1. The molecule has 0 saturated heterocycles. The molecule has 47 heavy (non-hydrogen) atoms. The molecule has 0 aliphatic heterocycles. The fourth-order valence-corrected chi connectivity index (χ4v) is 7.38. The molecule has 0 spiro atoms. The molecular weight excluding hydrogens is 582 g/mol. The molecular formula is C42H83NO4. The third-order valence-electron chi connectivity index (χ3n) is 10.6. The van der Waals surface area contributed by atoms with Gasteiger partial charge in [-0.1, -0.05) is 130 Å². The smallest absolute Gasteiger partial charge is 0.306 e. The predicted molar refractivity (Wildman–Crippen MR) is 202 cm³/mol. The second-order valence-electron chi connectivity index (χ2n) is 15.0. The average molecular weight is 666 g/mol. The van der Waals surface area contributed by atoms with Crippen LogP contribution in [-0.2, 0) is 14.3 Å². The minimum Gasteiger partial charge on any atom is -0.462 e. The summed E-state index contributed by atoms with van der Waals surface area (Å²) in [5.74, 6) is 0.974. The Bertz CT molecular complexity index is 635. The van der Waals surface area contributed by atoms with Crippen molar-refractivity contribution in [1.29, 1.82) is 0 Å². The molecule has 1 fully saturated rings. The number of esters is 1. The van der Waals surface area contributed by atoms with Gasteiger partial charge >= 0.3 is 5.97 Å². The summed E-state index contributed by atoms with van der Waals surface area (Å²) in [5.41, 5.74) is 0. The van der Waals surface area contributed by atoms with Gasteiger partial charge in [-0.3, -0.25) is 4.79 Å². The molecule has 280 valence electrons. The maximum absolute atomic E-state index is 12.7. The summed E-state index contributed by atoms with van der Waals surface area (Å²) in [6, 6.07) is 0. The number of hydrogen-bond donors (Lipinski definition) is 1. The Kier molecular flexibility index (Phi) is 31.9. The van der Waals surface area contributed by atoms with E-state index in [0.717, 1.165) is 70.7 Å². The highest BCUT2D eigenvalue weighted by Crippen LogP contribution is 2.30. The normalized spacial score (nSPS) is 16.8. The quantitative estimate of drug-likeness (QED) is 0.0539. The average Bonchev–Trinajstić information content (AvgIpc) is 3.07. The van der Waals surface area contributed by atoms with Crippen LogP contribution in [0.2, 0.25) is 0 Å². The number of unbranched alkanes of at least 4 members (excludes halogenated alkanes) is 17. The van der Waals surface area contributed by atoms with Crippen molar-refractivity contribution in [3.05, 3.63) is 0 Å². The van der Waals surface area contributed by atoms with Gasteiger partial charge in [-0.15, -0.1) is 0 Å². The predicted octanol–water partition coefficient (Wildman–Crippen LogP) is 12.0. The zero-order chi connectivity index (χ0) is 34.0. The van der Waals surface area contributed by atoms with Crippen molar-refractivity contribution in [3.63, 3.8) is 0 Å². The van der Waals surface area contributed by atoms with E-state index in [1.165, 1.54) is 148 Å². The minimum absolute atomic E-state index is 0.0279. The van der Waals surface area contributed by atoms with E-state index < -0.39 is 0 Å². The Morgan fingerprint density at radius 3 is 1.72 bits per heavy atom. The molecule has 1 rings (SSSR count). The highest BCUT2D eigenvalue weighted by atomic mass is 16.5. The number of carbonyl (C=O) groups is 1. The van der Waals surface area contributed by atoms with Crippen LogP contribution in [-0.4, -0.2) is 61.0 Å². The van der Waals surface area contributed by atoms with Crippen LogP contribution in [0.15, 0.2) is 0 Å².